The van der Waals surface area contributed by atoms with Gasteiger partial charge in [-0.3, -0.25) is 4.79 Å². The molecule has 0 spiro atoms. The second-order valence-corrected chi connectivity index (χ2v) is 11.3. The fourth-order valence-electron chi connectivity index (χ4n) is 6.42. The predicted molar refractivity (Wildman–Crippen MR) is 151 cm³/mol. The number of ether oxygens (including phenoxy) is 1. The highest BCUT2D eigenvalue weighted by Gasteiger charge is 2.44. The Morgan fingerprint density at radius 3 is 2.70 bits per heavy atom. The first-order valence-electron chi connectivity index (χ1n) is 14.0. The van der Waals surface area contributed by atoms with Gasteiger partial charge in [0.2, 0.25) is 5.91 Å². The van der Waals surface area contributed by atoms with E-state index in [2.05, 4.69) is 31.2 Å². The number of hydrogen-bond donors (Lipinski definition) is 2. The molecule has 1 aliphatic carbocycles. The molecule has 2 fully saturated rings. The molecule has 1 saturated heterocycles. The van der Waals surface area contributed by atoms with Gasteiger partial charge in [-0.2, -0.15) is 0 Å². The number of amides is 1. The summed E-state index contributed by atoms with van der Waals surface area (Å²) in [6, 6.07) is 14.3. The maximum atomic E-state index is 13.5. The van der Waals surface area contributed by atoms with E-state index in [0.29, 0.717) is 24.6 Å². The molecule has 0 aromatic heterocycles. The van der Waals surface area contributed by atoms with Crippen molar-refractivity contribution in [2.24, 2.45) is 17.6 Å². The normalized spacial score (nSPS) is 23.7. The first-order valence-corrected chi connectivity index (χ1v) is 14.4. The lowest BCUT2D eigenvalue weighted by molar-refractivity contribution is -0.141. The van der Waals surface area contributed by atoms with Crippen molar-refractivity contribution in [1.29, 1.82) is 0 Å². The first-order chi connectivity index (χ1) is 17.9. The summed E-state index contributed by atoms with van der Waals surface area (Å²) < 4.78 is 5.29. The molecule has 2 aromatic rings. The van der Waals surface area contributed by atoms with Gasteiger partial charge in [0.05, 0.1) is 11.5 Å². The number of aryl methyl sites for hydroxylation is 1. The molecule has 0 radical (unpaired) electrons. The molecule has 1 heterocycles. The van der Waals surface area contributed by atoms with Crippen LogP contribution in [0, 0.1) is 11.8 Å². The van der Waals surface area contributed by atoms with E-state index in [1.54, 1.807) is 7.11 Å². The number of methoxy groups -OCH3 is 1. The monoisotopic (exact) mass is 526 g/mol. The standard InChI is InChI=1S/C31H43ClN2O3/c1-3-22-10-6-11-23(20-22)29-26(14-8-15-27(29)32)31(36,17-4-5-19-37-2)24-12-9-18-34(21-24)30(35)25-13-7-16-28(25)33/h6,8,10-11,14-15,20,24-25,28,36H,3-5,7,9,12-13,16-19,21,33H2,1-2H3. The van der Waals surface area contributed by atoms with Crippen molar-refractivity contribution < 1.29 is 14.6 Å². The molecule has 1 aliphatic heterocycles. The van der Waals surface area contributed by atoms with Gasteiger partial charge in [0.15, 0.2) is 0 Å². The molecule has 1 saturated carbocycles. The number of nitrogens with zero attached hydrogens (tertiary/aromatic N) is 1. The smallest absolute Gasteiger partial charge is 0.227 e. The summed E-state index contributed by atoms with van der Waals surface area (Å²) in [6.45, 7) is 4.08. The number of carbonyl (C=O) groups is 1. The second-order valence-electron chi connectivity index (χ2n) is 10.9. The quantitative estimate of drug-likeness (QED) is 0.376. The van der Waals surface area contributed by atoms with Gasteiger partial charge in [-0.1, -0.05) is 61.3 Å². The largest absolute Gasteiger partial charge is 0.385 e. The molecule has 5 nitrogen and oxygen atoms in total. The summed E-state index contributed by atoms with van der Waals surface area (Å²) in [4.78, 5) is 15.4. The lowest BCUT2D eigenvalue weighted by atomic mass is 9.72. The second kappa shape index (κ2) is 12.8. The van der Waals surface area contributed by atoms with E-state index in [0.717, 1.165) is 74.6 Å². The van der Waals surface area contributed by atoms with Crippen LogP contribution in [0.3, 0.4) is 0 Å². The van der Waals surface area contributed by atoms with Gasteiger partial charge in [0.1, 0.15) is 0 Å². The fraction of sp³-hybridized carbons (Fsp3) is 0.581. The van der Waals surface area contributed by atoms with E-state index in [4.69, 9.17) is 22.1 Å². The van der Waals surface area contributed by atoms with Gasteiger partial charge in [-0.05, 0) is 74.1 Å². The molecule has 4 rings (SSSR count). The molecule has 4 unspecified atom stereocenters. The number of likely N-dealkylation sites (tertiary alicyclic amines) is 1. The molecule has 6 heteroatoms. The summed E-state index contributed by atoms with van der Waals surface area (Å²) in [5.74, 6) is -0.0117. The van der Waals surface area contributed by atoms with Gasteiger partial charge in [-0.25, -0.2) is 0 Å². The number of carbonyl (C=O) groups excluding carboxylic acids is 1. The van der Waals surface area contributed by atoms with Crippen LogP contribution in [-0.2, 0) is 21.6 Å². The van der Waals surface area contributed by atoms with Gasteiger partial charge >= 0.3 is 0 Å². The van der Waals surface area contributed by atoms with Gasteiger partial charge < -0.3 is 20.5 Å². The molecule has 4 atom stereocenters. The zero-order chi connectivity index (χ0) is 26.4. The van der Waals surface area contributed by atoms with Crippen LogP contribution in [0.15, 0.2) is 42.5 Å². The highest BCUT2D eigenvalue weighted by atomic mass is 35.5. The molecule has 1 amide bonds. The van der Waals surface area contributed by atoms with Crippen LogP contribution in [0.4, 0.5) is 0 Å². The summed E-state index contributed by atoms with van der Waals surface area (Å²) in [5, 5.41) is 13.3. The van der Waals surface area contributed by atoms with Crippen molar-refractivity contribution in [2.45, 2.75) is 76.4 Å². The maximum absolute atomic E-state index is 13.5. The number of unbranched alkanes of at least 4 members (excludes halogenated alkanes) is 1. The topological polar surface area (TPSA) is 75.8 Å². The summed E-state index contributed by atoms with van der Waals surface area (Å²) >= 11 is 6.86. The number of hydrogen-bond acceptors (Lipinski definition) is 4. The van der Waals surface area contributed by atoms with Crippen LogP contribution in [0.25, 0.3) is 11.1 Å². The predicted octanol–water partition coefficient (Wildman–Crippen LogP) is 5.94. The van der Waals surface area contributed by atoms with Crippen molar-refractivity contribution in [1.82, 2.24) is 4.90 Å². The van der Waals surface area contributed by atoms with Crippen molar-refractivity contribution >= 4 is 17.5 Å². The Labute approximate surface area is 227 Å². The van der Waals surface area contributed by atoms with Gasteiger partial charge in [0.25, 0.3) is 0 Å². The van der Waals surface area contributed by atoms with E-state index in [1.807, 2.05) is 23.1 Å². The Balaban J connectivity index is 1.71. The molecule has 3 N–H and O–H groups in total. The van der Waals surface area contributed by atoms with E-state index < -0.39 is 5.60 Å². The number of piperidine rings is 1. The van der Waals surface area contributed by atoms with Crippen LogP contribution in [-0.4, -0.2) is 48.8 Å². The Morgan fingerprint density at radius 2 is 1.97 bits per heavy atom. The van der Waals surface area contributed by atoms with Crippen molar-refractivity contribution in [3.05, 3.63) is 58.6 Å². The molecule has 37 heavy (non-hydrogen) atoms. The minimum Gasteiger partial charge on any atom is -0.385 e. The number of aliphatic hydroxyl groups is 1. The van der Waals surface area contributed by atoms with Crippen molar-refractivity contribution in [2.75, 3.05) is 26.8 Å². The molecule has 202 valence electrons. The summed E-state index contributed by atoms with van der Waals surface area (Å²) in [6.07, 6.45) is 7.75. The van der Waals surface area contributed by atoms with Crippen LogP contribution < -0.4 is 5.73 Å². The van der Waals surface area contributed by atoms with Crippen molar-refractivity contribution in [3.8, 4) is 11.1 Å². The molecule has 2 aromatic carbocycles. The average Bonchev–Trinajstić information content (AvgIpc) is 3.36. The lowest BCUT2D eigenvalue weighted by Gasteiger charge is -2.44. The molecule has 0 bridgehead atoms. The minimum atomic E-state index is -1.12. The van der Waals surface area contributed by atoms with E-state index >= 15 is 0 Å². The van der Waals surface area contributed by atoms with Crippen LogP contribution in [0.5, 0.6) is 0 Å². The van der Waals surface area contributed by atoms with E-state index in [-0.39, 0.29) is 23.8 Å². The van der Waals surface area contributed by atoms with Crippen LogP contribution >= 0.6 is 11.6 Å². The molecular formula is C31H43ClN2O3. The lowest BCUT2D eigenvalue weighted by Crippen LogP contribution is -2.51. The third-order valence-electron chi connectivity index (χ3n) is 8.56. The number of rotatable bonds is 10. The highest BCUT2D eigenvalue weighted by Crippen LogP contribution is 2.46. The van der Waals surface area contributed by atoms with E-state index in [9.17, 15) is 9.90 Å². The van der Waals surface area contributed by atoms with Gasteiger partial charge in [-0.15, -0.1) is 0 Å². The van der Waals surface area contributed by atoms with E-state index in [1.165, 1.54) is 5.56 Å². The highest BCUT2D eigenvalue weighted by molar-refractivity contribution is 6.33. The zero-order valence-corrected chi connectivity index (χ0v) is 23.2. The van der Waals surface area contributed by atoms with Crippen LogP contribution in [0.1, 0.15) is 69.4 Å². The number of halogens is 1. The van der Waals surface area contributed by atoms with Crippen LogP contribution in [0.2, 0.25) is 5.02 Å². The molecular weight excluding hydrogens is 484 g/mol. The Morgan fingerprint density at radius 1 is 1.16 bits per heavy atom. The first kappa shape index (κ1) is 28.1. The number of nitrogens with two attached hydrogens (primary N) is 1. The summed E-state index contributed by atoms with van der Waals surface area (Å²) in [5.41, 5.74) is 9.19. The SMILES string of the molecule is CCc1cccc(-c2c(Cl)cccc2C(O)(CCCCOC)C2CCCN(C(=O)C3CCCC3N)C2)c1. The Bertz CT molecular complexity index is 1060. The minimum absolute atomic E-state index is 0.0498. The Kier molecular flexibility index (Phi) is 9.68. The maximum Gasteiger partial charge on any atom is 0.227 e. The average molecular weight is 527 g/mol. The summed E-state index contributed by atoms with van der Waals surface area (Å²) in [7, 11) is 1.71. The zero-order valence-electron chi connectivity index (χ0n) is 22.4. The van der Waals surface area contributed by atoms with Gasteiger partial charge in [0, 0.05) is 49.4 Å². The van der Waals surface area contributed by atoms with Crippen molar-refractivity contribution in [3.63, 3.8) is 0 Å². The number of benzene rings is 2. The third-order valence-corrected chi connectivity index (χ3v) is 8.87. The molecule has 2 aliphatic rings. The third kappa shape index (κ3) is 6.22. The Hall–Kier alpha value is -1.92. The fourth-order valence-corrected chi connectivity index (χ4v) is 6.71.